The average molecular weight is 1440 g/mol. The number of Topliss-reactive ketones (excluding diaryl/α,β-unsaturated/α-hetero) is 1. The predicted octanol–water partition coefficient (Wildman–Crippen LogP) is 10.3. The molecule has 0 spiro atoms. The second-order valence-corrected chi connectivity index (χ2v) is 25.8. The minimum atomic E-state index is -4.40. The van der Waals surface area contributed by atoms with E-state index >= 15 is 0 Å². The molecule has 3 amide bonds. The molecule has 546 valence electrons. The summed E-state index contributed by atoms with van der Waals surface area (Å²) in [6, 6.07) is 0. The van der Waals surface area contributed by atoms with Gasteiger partial charge in [-0.05, 0) is 200 Å². The van der Waals surface area contributed by atoms with Crippen LogP contribution in [-0.4, -0.2) is 122 Å². The molecule has 20 nitrogen and oxygen atoms in total. The molecule has 25 heteroatoms. The van der Waals surface area contributed by atoms with E-state index in [1.165, 1.54) is 25.3 Å². The van der Waals surface area contributed by atoms with E-state index < -0.39 is 24.5 Å². The van der Waals surface area contributed by atoms with Crippen molar-refractivity contribution >= 4 is 82.7 Å². The molecule has 0 saturated heterocycles. The summed E-state index contributed by atoms with van der Waals surface area (Å²) in [6.07, 6.45) is 28.6. The Labute approximate surface area is 597 Å². The Bertz CT molecular complexity index is 2350. The van der Waals surface area contributed by atoms with Gasteiger partial charge in [-0.1, -0.05) is 84.8 Å². The van der Waals surface area contributed by atoms with Crippen LogP contribution in [0.2, 0.25) is 0 Å². The van der Waals surface area contributed by atoms with Crippen molar-refractivity contribution in [2.24, 2.45) is 46.3 Å². The van der Waals surface area contributed by atoms with Crippen LogP contribution in [0.5, 0.6) is 0 Å². The molecule has 0 radical (unpaired) electrons. The maximum atomic E-state index is 12.6. The van der Waals surface area contributed by atoms with Crippen molar-refractivity contribution < 1.29 is 107 Å². The van der Waals surface area contributed by atoms with Crippen molar-refractivity contribution in [1.82, 2.24) is 22.1 Å². The summed E-state index contributed by atoms with van der Waals surface area (Å²) in [5, 5.41) is 25.6. The molecule has 0 heterocycles. The number of allylic oxidation sites excluding steroid dienone is 9. The van der Waals surface area contributed by atoms with Gasteiger partial charge < -0.3 is 55.9 Å². The number of halogens is 4. The third-order valence-electron chi connectivity index (χ3n) is 15.0. The summed E-state index contributed by atoms with van der Waals surface area (Å²) >= 11 is 0. The largest absolute Gasteiger partial charge is 2.00 e. The molecule has 0 bridgehead atoms. The summed E-state index contributed by atoms with van der Waals surface area (Å²) in [4.78, 5) is 133. The number of hydrogen-bond acceptors (Lipinski definition) is 17. The maximum absolute atomic E-state index is 12.6. The Morgan fingerprint density at radius 3 is 1.18 bits per heavy atom. The summed E-state index contributed by atoms with van der Waals surface area (Å²) in [7, 11) is 0. The summed E-state index contributed by atoms with van der Waals surface area (Å²) in [5.74, 6) is 3.49. The topological polar surface area (TPSA) is 351 Å². The third kappa shape index (κ3) is 59.2. The van der Waals surface area contributed by atoms with Crippen molar-refractivity contribution in [3.05, 3.63) is 86.8 Å². The molecule has 2 saturated carbocycles. The number of alkyl halides is 3. The van der Waals surface area contributed by atoms with Gasteiger partial charge in [0.25, 0.3) is 5.91 Å². The smallest absolute Gasteiger partial charge is 1.00 e. The normalized spacial score (nSPS) is 21.5. The average Bonchev–Trinajstić information content (AvgIpc) is 0.798. The van der Waals surface area contributed by atoms with Gasteiger partial charge in [0.1, 0.15) is 6.61 Å². The molecule has 0 aromatic heterocycles. The van der Waals surface area contributed by atoms with E-state index in [0.29, 0.717) is 47.0 Å². The first-order valence-corrected chi connectivity index (χ1v) is 31.2. The Hall–Kier alpha value is -6.12. The second-order valence-electron chi connectivity index (χ2n) is 25.8. The van der Waals surface area contributed by atoms with Crippen LogP contribution in [0.15, 0.2) is 80.2 Å². The van der Waals surface area contributed by atoms with E-state index in [4.69, 9.17) is 43.5 Å². The Kier molecular flexibility index (Phi) is 72.3. The molecule has 8 atom stereocenters. The third-order valence-corrected chi connectivity index (χ3v) is 15.0. The molecule has 5 aliphatic carbocycles. The van der Waals surface area contributed by atoms with Gasteiger partial charge in [0.15, 0.2) is 11.6 Å². The van der Waals surface area contributed by atoms with Gasteiger partial charge in [0.05, 0.1) is 5.76 Å². The quantitative estimate of drug-likeness (QED) is 0.0512. The number of ketones is 3. The fourth-order valence-corrected chi connectivity index (χ4v) is 10.2. The van der Waals surface area contributed by atoms with Crippen LogP contribution in [0.4, 0.5) is 13.2 Å². The van der Waals surface area contributed by atoms with Crippen LogP contribution in [0.25, 0.3) is 0 Å². The van der Waals surface area contributed by atoms with E-state index in [0.717, 1.165) is 103 Å². The second kappa shape index (κ2) is 62.4. The van der Waals surface area contributed by atoms with E-state index in [-0.39, 0.29) is 116 Å². The monoisotopic (exact) mass is 1440 g/mol. The molecule has 5 rings (SSSR count). The van der Waals surface area contributed by atoms with Crippen LogP contribution >= 0.6 is 0 Å². The molecular formula is C71H116BrF3MgN4O16. The summed E-state index contributed by atoms with van der Waals surface area (Å²) in [6.45, 7) is 48.6. The van der Waals surface area contributed by atoms with Crippen molar-refractivity contribution in [2.45, 2.75) is 249 Å². The van der Waals surface area contributed by atoms with E-state index in [1.54, 1.807) is 12.2 Å². The van der Waals surface area contributed by atoms with Crippen molar-refractivity contribution in [3.8, 4) is 0 Å². The minimum absolute atomic E-state index is 0. The molecule has 96 heavy (non-hydrogen) atoms. The fourth-order valence-electron chi connectivity index (χ4n) is 10.2. The molecule has 0 aromatic carbocycles. The van der Waals surface area contributed by atoms with Crippen molar-refractivity contribution in [1.29, 1.82) is 0 Å². The van der Waals surface area contributed by atoms with Gasteiger partial charge in [0, 0.05) is 53.1 Å². The van der Waals surface area contributed by atoms with Gasteiger partial charge in [0.2, 0.25) is 17.6 Å². The molecule has 0 aliphatic heterocycles. The molecular weight excluding hydrogens is 1330 g/mol. The zero-order valence-electron chi connectivity index (χ0n) is 60.4. The number of carbonyl (C=O) groups is 6. The Morgan fingerprint density at radius 2 is 0.969 bits per heavy atom. The first-order valence-electron chi connectivity index (χ1n) is 31.2. The molecule has 2 unspecified atom stereocenters. The van der Waals surface area contributed by atoms with Crippen LogP contribution in [0.3, 0.4) is 0 Å². The Morgan fingerprint density at radius 1 is 0.615 bits per heavy atom. The first-order chi connectivity index (χ1) is 43.0. The van der Waals surface area contributed by atoms with E-state index in [1.807, 2.05) is 92.7 Å². The van der Waals surface area contributed by atoms with Crippen molar-refractivity contribution in [3.63, 3.8) is 0 Å². The van der Waals surface area contributed by atoms with Crippen LogP contribution in [0, 0.1) is 52.9 Å². The van der Waals surface area contributed by atoms with Gasteiger partial charge in [-0.2, -0.15) is 51.5 Å². The van der Waals surface area contributed by atoms with Crippen LogP contribution in [-0.2, 0) is 67.1 Å². The van der Waals surface area contributed by atoms with E-state index in [9.17, 15) is 47.0 Å². The fraction of sp³-hybridized carbons (Fsp3) is 0.662. The number of hydrogen-bond donors (Lipinski definition) is 6. The van der Waals surface area contributed by atoms with Gasteiger partial charge in [-0.15, -0.1) is 19.7 Å². The molecule has 0 aromatic rings. The first kappa shape index (κ1) is 111. The number of carbonyl (C=O) groups excluding carboxylic acids is 14. The number of amides is 3. The van der Waals surface area contributed by atoms with Crippen LogP contribution < -0.4 is 39.1 Å². The SMILES string of the molecule is C=CC1CCC(CC)=C(O)C1.C=C[C@@H]1CC[C@@H](CC)[C@@](C)(C(=O)NC(C)(C)C)C1.C=C[C@@H]1CC[C@@H](CC)[C@@](C)(C(=O)NC(C)(C)C)C1.CC(=O)C(=O)NC(C)(C)C.CCC1CCC=CC1=O.N.O=C1C=CCCC1.O=C=O.O=C=O.O=C=O.O=C=O.OCC(F)(F)F.[Br-].[CH-]=C.[Mg+2]. The molecule has 8 N–H and O–H groups in total. The van der Waals surface area contributed by atoms with Gasteiger partial charge >= 0.3 is 53.8 Å². The standard InChI is InChI=1S/2C16H29NO.C10H16O.C8H12O.C7H13NO2.C6H8O.C2H3F3O.C2H3.4CO2.BrH.Mg.H3N/c2*1-7-12-9-10-13(8-2)16(6,11-12)14(18)17-15(3,4)5;1-3-8-5-6-9(4-2)10(11)7-8;1-2-7-5-3-4-6-8(7)9;1-5(9)6(10)8-7(2,3)4;7-6-4-2-1-3-5-6;3-2(4,5)1-6;1-2;4*2-1-3;;;/h2*7,12-13H,1,8-11H2,2-6H3,(H,17,18);3,8,11H,1,4-7H2,2H3;4,6-7H,2-3,5H2,1H3;1-4H3,(H,8,10);2,4H,1,3,5H2;6H,1H2;1H,2H2;;;;;1H;;1H3/q;;;;;;;-1;;;;;;+2;/p-1/t2*12-,13-,16+;;;;;;;;;;;;;/m11............./s1. The predicted molar refractivity (Wildman–Crippen MR) is 360 cm³/mol. The zero-order valence-corrected chi connectivity index (χ0v) is 63.4. The van der Waals surface area contributed by atoms with Gasteiger partial charge in [-0.3, -0.25) is 35.3 Å². The van der Waals surface area contributed by atoms with Crippen LogP contribution in [0.1, 0.15) is 226 Å². The number of aliphatic hydroxyl groups excluding tert-OH is 2. The molecule has 2 fully saturated rings. The zero-order chi connectivity index (χ0) is 74.4. The number of aliphatic hydroxyl groups is 2. The summed E-state index contributed by atoms with van der Waals surface area (Å²) in [5.41, 5.74) is 0.142. The number of nitrogens with one attached hydrogen (secondary N) is 3. The van der Waals surface area contributed by atoms with Crippen molar-refractivity contribution in [2.75, 3.05) is 6.61 Å². The number of rotatable bonds is 10. The van der Waals surface area contributed by atoms with E-state index in [2.05, 4.69) is 90.4 Å². The molecule has 5 aliphatic rings. The maximum Gasteiger partial charge on any atom is 2.00 e. The summed E-state index contributed by atoms with van der Waals surface area (Å²) < 4.78 is 31.6. The Balaban J connectivity index is -0.000000111. The van der Waals surface area contributed by atoms with Gasteiger partial charge in [-0.25, -0.2) is 0 Å². The minimum Gasteiger partial charge on any atom is -1.00 e.